The second-order valence-electron chi connectivity index (χ2n) is 6.73. The summed E-state index contributed by atoms with van der Waals surface area (Å²) < 4.78 is 28.2. The fourth-order valence-electron chi connectivity index (χ4n) is 2.95. The largest absolute Gasteiger partial charge is 0.417 e. The molecule has 4 aromatic rings. The van der Waals surface area contributed by atoms with Crippen molar-refractivity contribution in [3.8, 4) is 0 Å². The van der Waals surface area contributed by atoms with Crippen molar-refractivity contribution in [2.45, 2.75) is 18.7 Å². The molecule has 0 unspecified atom stereocenters. The van der Waals surface area contributed by atoms with Gasteiger partial charge in [0.25, 0.3) is 0 Å². The molecule has 0 bridgehead atoms. The molecule has 0 saturated carbocycles. The van der Waals surface area contributed by atoms with Crippen molar-refractivity contribution >= 4 is 44.3 Å². The Morgan fingerprint density at radius 1 is 1.07 bits per heavy atom. The Balaban J connectivity index is 1.63. The summed E-state index contributed by atoms with van der Waals surface area (Å²) >= 11 is 0. The molecule has 0 spiro atoms. The highest BCUT2D eigenvalue weighted by Gasteiger charge is 2.11. The molecular weight excluding hydrogens is 408 g/mol. The smallest absolute Gasteiger partial charge is 0.408 e. The highest BCUT2D eigenvalue weighted by atomic mass is 32.2. The number of benzene rings is 2. The van der Waals surface area contributed by atoms with Gasteiger partial charge in [-0.1, -0.05) is 6.07 Å². The third-order valence-corrected chi connectivity index (χ3v) is 5.27. The van der Waals surface area contributed by atoms with Crippen LogP contribution in [0.5, 0.6) is 0 Å². The third kappa shape index (κ3) is 4.02. The summed E-state index contributed by atoms with van der Waals surface area (Å²) in [4.78, 5) is 22.8. The number of fused-ring (bicyclic) bond motifs is 1. The molecule has 0 aliphatic carbocycles. The first kappa shape index (κ1) is 19.6. The van der Waals surface area contributed by atoms with E-state index in [1.807, 2.05) is 19.9 Å². The van der Waals surface area contributed by atoms with Crippen molar-refractivity contribution in [1.82, 2.24) is 15.0 Å². The average molecular weight is 426 g/mol. The number of primary sulfonamides is 1. The van der Waals surface area contributed by atoms with Gasteiger partial charge in [0.1, 0.15) is 5.82 Å². The summed E-state index contributed by atoms with van der Waals surface area (Å²) in [5.41, 5.74) is 3.84. The van der Waals surface area contributed by atoms with Gasteiger partial charge in [0.15, 0.2) is 5.58 Å². The fraction of sp³-hybridized carbons (Fsp3) is 0.105. The number of aryl methyl sites for hydroxylation is 2. The normalized spacial score (nSPS) is 11.6. The number of anilines is 4. The Kier molecular flexibility index (Phi) is 4.76. The first-order valence-corrected chi connectivity index (χ1v) is 10.4. The second-order valence-corrected chi connectivity index (χ2v) is 8.29. The van der Waals surface area contributed by atoms with E-state index in [1.54, 1.807) is 24.4 Å². The number of nitrogens with two attached hydrogens (primary N) is 1. The molecule has 10 nitrogen and oxygen atoms in total. The van der Waals surface area contributed by atoms with Crippen LogP contribution in [0.1, 0.15) is 11.1 Å². The van der Waals surface area contributed by atoms with E-state index in [0.717, 1.165) is 11.1 Å². The number of aromatic nitrogens is 3. The average Bonchev–Trinajstić information content (AvgIpc) is 3.05. The molecule has 0 saturated heterocycles. The number of nitrogens with one attached hydrogen (secondary N) is 3. The summed E-state index contributed by atoms with van der Waals surface area (Å²) in [6.07, 6.45) is 1.63. The monoisotopic (exact) mass is 426 g/mol. The molecule has 0 atom stereocenters. The number of nitrogens with zero attached hydrogens (tertiary/aromatic N) is 2. The summed E-state index contributed by atoms with van der Waals surface area (Å²) in [7, 11) is -3.82. The first-order chi connectivity index (χ1) is 14.2. The molecule has 11 heteroatoms. The van der Waals surface area contributed by atoms with E-state index in [4.69, 9.17) is 9.56 Å². The number of oxazole rings is 1. The number of sulfonamides is 1. The Hall–Kier alpha value is -3.70. The maximum absolute atomic E-state index is 11.5. The van der Waals surface area contributed by atoms with Gasteiger partial charge in [0, 0.05) is 23.1 Å². The quantitative estimate of drug-likeness (QED) is 0.379. The van der Waals surface area contributed by atoms with Crippen molar-refractivity contribution in [1.29, 1.82) is 0 Å². The molecule has 2 heterocycles. The van der Waals surface area contributed by atoms with Gasteiger partial charge in [0.2, 0.25) is 16.0 Å². The summed E-state index contributed by atoms with van der Waals surface area (Å²) in [5.74, 6) is 0.292. The number of aromatic amines is 1. The Morgan fingerprint density at radius 3 is 2.63 bits per heavy atom. The van der Waals surface area contributed by atoms with E-state index in [9.17, 15) is 13.2 Å². The maximum atomic E-state index is 11.5. The van der Waals surface area contributed by atoms with Crippen LogP contribution in [-0.2, 0) is 10.0 Å². The molecule has 0 aliphatic rings. The lowest BCUT2D eigenvalue weighted by Crippen LogP contribution is -2.12. The Labute approximate surface area is 171 Å². The molecule has 0 aliphatic heterocycles. The zero-order valence-corrected chi connectivity index (χ0v) is 16.9. The van der Waals surface area contributed by atoms with Crippen LogP contribution in [0, 0.1) is 13.8 Å². The van der Waals surface area contributed by atoms with Crippen molar-refractivity contribution in [2.24, 2.45) is 5.14 Å². The zero-order chi connectivity index (χ0) is 21.5. The Morgan fingerprint density at radius 2 is 1.87 bits per heavy atom. The van der Waals surface area contributed by atoms with Crippen molar-refractivity contribution in [3.63, 3.8) is 0 Å². The molecule has 30 heavy (non-hydrogen) atoms. The highest BCUT2D eigenvalue weighted by Crippen LogP contribution is 2.26. The summed E-state index contributed by atoms with van der Waals surface area (Å²) in [5, 5.41) is 11.4. The minimum absolute atomic E-state index is 0.0177. The van der Waals surface area contributed by atoms with Crippen LogP contribution < -0.4 is 21.5 Å². The van der Waals surface area contributed by atoms with E-state index in [-0.39, 0.29) is 10.8 Å². The van der Waals surface area contributed by atoms with Gasteiger partial charge >= 0.3 is 5.76 Å². The fourth-order valence-corrected chi connectivity index (χ4v) is 3.51. The Bertz CT molecular complexity index is 1420. The van der Waals surface area contributed by atoms with Gasteiger partial charge in [-0.3, -0.25) is 4.98 Å². The van der Waals surface area contributed by atoms with Gasteiger partial charge in [0.05, 0.1) is 10.4 Å². The van der Waals surface area contributed by atoms with Gasteiger partial charge in [-0.25, -0.2) is 23.3 Å². The molecule has 0 fully saturated rings. The van der Waals surface area contributed by atoms with Crippen LogP contribution in [0.2, 0.25) is 0 Å². The molecule has 154 valence electrons. The van der Waals surface area contributed by atoms with Crippen LogP contribution in [0.3, 0.4) is 0 Å². The second kappa shape index (κ2) is 7.28. The van der Waals surface area contributed by atoms with Crippen LogP contribution >= 0.6 is 0 Å². The van der Waals surface area contributed by atoms with E-state index >= 15 is 0 Å². The van der Waals surface area contributed by atoms with Crippen molar-refractivity contribution in [2.75, 3.05) is 10.6 Å². The van der Waals surface area contributed by atoms with Crippen LogP contribution in [0.15, 0.2) is 56.7 Å². The predicted molar refractivity (Wildman–Crippen MR) is 113 cm³/mol. The zero-order valence-electron chi connectivity index (χ0n) is 16.1. The van der Waals surface area contributed by atoms with Gasteiger partial charge in [-0.15, -0.1) is 0 Å². The lowest BCUT2D eigenvalue weighted by atomic mass is 10.2. The summed E-state index contributed by atoms with van der Waals surface area (Å²) in [6, 6.07) is 9.64. The molecule has 5 N–H and O–H groups in total. The maximum Gasteiger partial charge on any atom is 0.417 e. The number of hydrogen-bond donors (Lipinski definition) is 4. The van der Waals surface area contributed by atoms with Gasteiger partial charge in [-0.2, -0.15) is 4.98 Å². The van der Waals surface area contributed by atoms with Gasteiger partial charge < -0.3 is 15.1 Å². The standard InChI is InChI=1S/C19H18N6O4S/c1-10-6-13(8-15-16(10)29-19(26)24-15)22-17-11(2)9-21-18(25-17)23-12-4-3-5-14(7-12)30(20,27)28/h3-9H,1-2H3,(H,24,26)(H2,20,27,28)(H2,21,22,23,25). The number of hydrogen-bond acceptors (Lipinski definition) is 8. The lowest BCUT2D eigenvalue weighted by molar-refractivity contribution is 0.553. The third-order valence-electron chi connectivity index (χ3n) is 4.36. The molecular formula is C19H18N6O4S. The van der Waals surface area contributed by atoms with Crippen LogP contribution in [0.25, 0.3) is 11.1 Å². The van der Waals surface area contributed by atoms with Crippen LogP contribution in [0.4, 0.5) is 23.1 Å². The van der Waals surface area contributed by atoms with Crippen molar-refractivity contribution in [3.05, 3.63) is 64.3 Å². The van der Waals surface area contributed by atoms with E-state index < -0.39 is 15.8 Å². The van der Waals surface area contributed by atoms with E-state index in [0.29, 0.717) is 28.3 Å². The minimum atomic E-state index is -3.82. The first-order valence-electron chi connectivity index (χ1n) is 8.83. The number of H-pyrrole nitrogens is 1. The summed E-state index contributed by atoms with van der Waals surface area (Å²) in [6.45, 7) is 3.68. The SMILES string of the molecule is Cc1cnc(Nc2cccc(S(N)(=O)=O)c2)nc1Nc1cc(C)c2oc(=O)[nH]c2c1. The lowest BCUT2D eigenvalue weighted by Gasteiger charge is -2.12. The van der Waals surface area contributed by atoms with Crippen LogP contribution in [-0.4, -0.2) is 23.4 Å². The minimum Gasteiger partial charge on any atom is -0.408 e. The van der Waals surface area contributed by atoms with Crippen molar-refractivity contribution < 1.29 is 12.8 Å². The topological polar surface area (TPSA) is 156 Å². The number of rotatable bonds is 5. The van der Waals surface area contributed by atoms with Gasteiger partial charge in [-0.05, 0) is 49.7 Å². The molecule has 2 aromatic heterocycles. The molecule has 4 rings (SSSR count). The molecule has 2 aromatic carbocycles. The molecule has 0 amide bonds. The predicted octanol–water partition coefficient (Wildman–Crippen LogP) is 2.66. The van der Waals surface area contributed by atoms with E-state index in [1.165, 1.54) is 12.1 Å². The van der Waals surface area contributed by atoms with E-state index in [2.05, 4.69) is 25.6 Å². The molecule has 0 radical (unpaired) electrons. The highest BCUT2D eigenvalue weighted by molar-refractivity contribution is 7.89.